The smallest absolute Gasteiger partial charge is 0.0667 e. The Hall–Kier alpha value is -2.24. The largest absolute Gasteiger partial charge is 0.388 e. The average molecular weight is 304 g/mol. The number of rotatable bonds is 7. The third kappa shape index (κ3) is 5.33. The van der Waals surface area contributed by atoms with Crippen LogP contribution in [-0.2, 0) is 0 Å². The van der Waals surface area contributed by atoms with Gasteiger partial charge in [0.15, 0.2) is 0 Å². The molecule has 0 spiro atoms. The van der Waals surface area contributed by atoms with Gasteiger partial charge in [-0.2, -0.15) is 15.6 Å². The van der Waals surface area contributed by atoms with Crippen molar-refractivity contribution in [3.05, 3.63) is 28.8 Å². The van der Waals surface area contributed by atoms with Gasteiger partial charge in [0.25, 0.3) is 0 Å². The van der Waals surface area contributed by atoms with Crippen LogP contribution in [0.25, 0.3) is 0 Å². The molecule has 0 heterocycles. The Morgan fingerprint density at radius 3 is 2.43 bits per heavy atom. The zero-order valence-electron chi connectivity index (χ0n) is 12.2. The van der Waals surface area contributed by atoms with Crippen LogP contribution in [0.1, 0.15) is 25.3 Å². The van der Waals surface area contributed by atoms with Crippen molar-refractivity contribution in [3.63, 3.8) is 0 Å². The van der Waals surface area contributed by atoms with Gasteiger partial charge >= 0.3 is 0 Å². The van der Waals surface area contributed by atoms with E-state index >= 15 is 0 Å². The van der Waals surface area contributed by atoms with Crippen molar-refractivity contribution in [1.82, 2.24) is 5.01 Å². The summed E-state index contributed by atoms with van der Waals surface area (Å²) < 4.78 is 0. The van der Waals surface area contributed by atoms with Crippen molar-refractivity contribution in [2.24, 2.45) is 5.10 Å². The van der Waals surface area contributed by atoms with E-state index in [1.165, 1.54) is 0 Å². The van der Waals surface area contributed by atoms with Crippen LogP contribution in [0.4, 0.5) is 5.69 Å². The number of hydrogen-bond donors (Lipinski definition) is 1. The number of nitrogens with one attached hydrogen (secondary N) is 1. The predicted octanol–water partition coefficient (Wildman–Crippen LogP) is 3.24. The lowest BCUT2D eigenvalue weighted by molar-refractivity contribution is 0.302. The Morgan fingerprint density at radius 2 is 1.90 bits per heavy atom. The molecule has 110 valence electrons. The summed E-state index contributed by atoms with van der Waals surface area (Å²) in [6, 6.07) is 9.74. The van der Waals surface area contributed by atoms with Crippen LogP contribution < -0.4 is 5.32 Å². The Morgan fingerprint density at radius 1 is 1.29 bits per heavy atom. The second kappa shape index (κ2) is 8.84. The van der Waals surface area contributed by atoms with Crippen LogP contribution in [0.15, 0.2) is 23.3 Å². The number of benzene rings is 1. The second-order valence-corrected chi connectivity index (χ2v) is 4.83. The first kappa shape index (κ1) is 16.8. The van der Waals surface area contributed by atoms with E-state index in [0.717, 1.165) is 17.0 Å². The summed E-state index contributed by atoms with van der Waals surface area (Å²) in [5, 5.41) is 27.4. The molecule has 1 aromatic rings. The van der Waals surface area contributed by atoms with Crippen LogP contribution in [-0.4, -0.2) is 30.9 Å². The molecule has 0 aliphatic heterocycles. The molecule has 5 nitrogen and oxygen atoms in total. The fraction of sp³-hybridized carbons (Fsp3) is 0.400. The molecule has 1 rings (SSSR count). The number of hydrogen-bond acceptors (Lipinski definition) is 5. The monoisotopic (exact) mass is 303 g/mol. The Kier molecular flexibility index (Phi) is 7.08. The maximum Gasteiger partial charge on any atom is 0.0667 e. The molecular formula is C15H18ClN5. The summed E-state index contributed by atoms with van der Waals surface area (Å²) in [5.41, 5.74) is 2.63. The molecule has 0 fully saturated rings. The van der Waals surface area contributed by atoms with Crippen LogP contribution in [0.2, 0.25) is 5.02 Å². The fourth-order valence-corrected chi connectivity index (χ4v) is 2.04. The highest BCUT2D eigenvalue weighted by molar-refractivity contribution is 6.31. The number of nitrogens with zero attached hydrogens (tertiary/aromatic N) is 4. The van der Waals surface area contributed by atoms with E-state index in [1.54, 1.807) is 5.01 Å². The van der Waals surface area contributed by atoms with E-state index in [0.29, 0.717) is 31.0 Å². The van der Waals surface area contributed by atoms with E-state index < -0.39 is 0 Å². The molecule has 6 heteroatoms. The summed E-state index contributed by atoms with van der Waals surface area (Å²) in [6.07, 6.45) is 0.743. The third-order valence-electron chi connectivity index (χ3n) is 2.90. The lowest BCUT2D eigenvalue weighted by Gasteiger charge is -2.18. The van der Waals surface area contributed by atoms with Gasteiger partial charge in [0, 0.05) is 36.4 Å². The first-order valence-corrected chi connectivity index (χ1v) is 7.02. The molecule has 0 bridgehead atoms. The van der Waals surface area contributed by atoms with Crippen LogP contribution >= 0.6 is 11.6 Å². The standard InChI is InChI=1S/C15H18ClN5/c1-12(14-11-13(16)5-6-15(14)19-2)20-21(9-3-7-17)10-4-8-18/h5-6,11,19H,3-4,9-10H2,1-2H3/b20-12-. The summed E-state index contributed by atoms with van der Waals surface area (Å²) in [6.45, 7) is 2.90. The SMILES string of the molecule is CNc1ccc(Cl)cc1/C(C)=N\N(CCC#N)CCC#N. The minimum Gasteiger partial charge on any atom is -0.388 e. The summed E-state index contributed by atoms with van der Waals surface area (Å²) in [4.78, 5) is 0. The van der Waals surface area contributed by atoms with Gasteiger partial charge in [0.05, 0.1) is 30.7 Å². The molecule has 0 aliphatic rings. The van der Waals surface area contributed by atoms with E-state index in [9.17, 15) is 0 Å². The molecule has 0 aromatic heterocycles. The van der Waals surface area contributed by atoms with E-state index in [1.807, 2.05) is 32.2 Å². The minimum absolute atomic E-state index is 0.372. The lowest BCUT2D eigenvalue weighted by Crippen LogP contribution is -2.22. The molecule has 0 saturated carbocycles. The van der Waals surface area contributed by atoms with Crippen molar-refractivity contribution in [1.29, 1.82) is 10.5 Å². The normalized spacial score (nSPS) is 10.6. The molecule has 0 radical (unpaired) electrons. The predicted molar refractivity (Wildman–Crippen MR) is 85.2 cm³/mol. The zero-order chi connectivity index (χ0) is 15.7. The first-order valence-electron chi connectivity index (χ1n) is 6.64. The molecule has 0 amide bonds. The first-order chi connectivity index (χ1) is 10.1. The number of nitriles is 2. The quantitative estimate of drug-likeness (QED) is 0.620. The van der Waals surface area contributed by atoms with Crippen molar-refractivity contribution in [3.8, 4) is 12.1 Å². The average Bonchev–Trinajstić information content (AvgIpc) is 2.49. The van der Waals surface area contributed by atoms with Gasteiger partial charge in [-0.3, -0.25) is 5.01 Å². The van der Waals surface area contributed by atoms with Gasteiger partial charge in [-0.1, -0.05) is 11.6 Å². The van der Waals surface area contributed by atoms with Crippen LogP contribution in [0.3, 0.4) is 0 Å². The topological polar surface area (TPSA) is 75.2 Å². The number of anilines is 1. The highest BCUT2D eigenvalue weighted by Crippen LogP contribution is 2.21. The zero-order valence-corrected chi connectivity index (χ0v) is 13.0. The lowest BCUT2D eigenvalue weighted by atomic mass is 10.1. The Bertz CT molecular complexity index is 565. The molecule has 1 N–H and O–H groups in total. The highest BCUT2D eigenvalue weighted by Gasteiger charge is 2.08. The second-order valence-electron chi connectivity index (χ2n) is 4.40. The maximum atomic E-state index is 8.69. The molecule has 0 saturated heterocycles. The third-order valence-corrected chi connectivity index (χ3v) is 3.13. The van der Waals surface area contributed by atoms with E-state index in [2.05, 4.69) is 22.6 Å². The van der Waals surface area contributed by atoms with Gasteiger partial charge < -0.3 is 5.32 Å². The van der Waals surface area contributed by atoms with Crippen molar-refractivity contribution < 1.29 is 0 Å². The fourth-order valence-electron chi connectivity index (χ4n) is 1.87. The van der Waals surface area contributed by atoms with Crippen molar-refractivity contribution in [2.45, 2.75) is 19.8 Å². The number of halogens is 1. The summed E-state index contributed by atoms with van der Waals surface area (Å²) >= 11 is 6.04. The van der Waals surface area contributed by atoms with Crippen LogP contribution in [0.5, 0.6) is 0 Å². The molecule has 1 aromatic carbocycles. The van der Waals surface area contributed by atoms with E-state index in [-0.39, 0.29) is 0 Å². The molecule has 0 unspecified atom stereocenters. The summed E-state index contributed by atoms with van der Waals surface area (Å²) in [7, 11) is 1.84. The van der Waals surface area contributed by atoms with Gasteiger partial charge in [-0.05, 0) is 25.1 Å². The maximum absolute atomic E-state index is 8.69. The summed E-state index contributed by atoms with van der Waals surface area (Å²) in [5.74, 6) is 0. The Labute approximate surface area is 130 Å². The molecular weight excluding hydrogens is 286 g/mol. The van der Waals surface area contributed by atoms with Crippen molar-refractivity contribution >= 4 is 23.0 Å². The Balaban J connectivity index is 3.01. The molecule has 0 aliphatic carbocycles. The van der Waals surface area contributed by atoms with Gasteiger partial charge in [-0.15, -0.1) is 0 Å². The molecule has 0 atom stereocenters. The van der Waals surface area contributed by atoms with Gasteiger partial charge in [-0.25, -0.2) is 0 Å². The van der Waals surface area contributed by atoms with Crippen LogP contribution in [0, 0.1) is 22.7 Å². The van der Waals surface area contributed by atoms with Crippen molar-refractivity contribution in [2.75, 3.05) is 25.5 Å². The van der Waals surface area contributed by atoms with Gasteiger partial charge in [0.2, 0.25) is 0 Å². The van der Waals surface area contributed by atoms with E-state index in [4.69, 9.17) is 22.1 Å². The van der Waals surface area contributed by atoms with Gasteiger partial charge in [0.1, 0.15) is 0 Å². The minimum atomic E-state index is 0.372. The highest BCUT2D eigenvalue weighted by atomic mass is 35.5. The molecule has 21 heavy (non-hydrogen) atoms. The number of hydrazone groups is 1.